The third-order valence-electron chi connectivity index (χ3n) is 2.68. The first-order chi connectivity index (χ1) is 7.83. The number of carbonyl (C=O) groups is 2. The minimum Gasteiger partial charge on any atom is -0.469 e. The number of esters is 1. The number of hydrogen-bond donors (Lipinski definition) is 0. The zero-order valence-electron chi connectivity index (χ0n) is 11.0. The van der Waals surface area contributed by atoms with Gasteiger partial charge in [-0.1, -0.05) is 0 Å². The van der Waals surface area contributed by atoms with Crippen molar-refractivity contribution >= 4 is 12.1 Å². The lowest BCUT2D eigenvalue weighted by molar-refractivity contribution is -0.141. The van der Waals surface area contributed by atoms with E-state index in [9.17, 15) is 9.59 Å². The van der Waals surface area contributed by atoms with Crippen LogP contribution in [0.25, 0.3) is 0 Å². The summed E-state index contributed by atoms with van der Waals surface area (Å²) in [6.07, 6.45) is 1.63. The minimum absolute atomic E-state index is 0.115. The van der Waals surface area contributed by atoms with Crippen LogP contribution in [0, 0.1) is 0 Å². The summed E-state index contributed by atoms with van der Waals surface area (Å²) in [7, 11) is 1.37. The quantitative estimate of drug-likeness (QED) is 0.711. The number of amides is 1. The van der Waals surface area contributed by atoms with Crippen molar-refractivity contribution in [2.75, 3.05) is 13.7 Å². The van der Waals surface area contributed by atoms with E-state index in [1.54, 1.807) is 4.90 Å². The van der Waals surface area contributed by atoms with Gasteiger partial charge in [0.05, 0.1) is 7.11 Å². The van der Waals surface area contributed by atoms with Gasteiger partial charge in [0.2, 0.25) is 0 Å². The van der Waals surface area contributed by atoms with Gasteiger partial charge >= 0.3 is 12.1 Å². The predicted molar refractivity (Wildman–Crippen MR) is 62.6 cm³/mol. The van der Waals surface area contributed by atoms with E-state index < -0.39 is 5.60 Å². The molecule has 0 saturated carbocycles. The Kier molecular flexibility index (Phi) is 4.37. The summed E-state index contributed by atoms with van der Waals surface area (Å²) in [4.78, 5) is 24.4. The Balaban J connectivity index is 2.35. The highest BCUT2D eigenvalue weighted by molar-refractivity contribution is 5.71. The molecule has 1 atom stereocenters. The molecule has 1 fully saturated rings. The van der Waals surface area contributed by atoms with Crippen molar-refractivity contribution in [1.82, 2.24) is 4.90 Å². The summed E-state index contributed by atoms with van der Waals surface area (Å²) >= 11 is 0. The van der Waals surface area contributed by atoms with Crippen LogP contribution in [-0.4, -0.2) is 42.3 Å². The monoisotopic (exact) mass is 243 g/mol. The lowest BCUT2D eigenvalue weighted by atomic mass is 9.99. The Morgan fingerprint density at radius 1 is 1.35 bits per heavy atom. The molecule has 0 aromatic heterocycles. The summed E-state index contributed by atoms with van der Waals surface area (Å²) in [5.41, 5.74) is -0.473. The van der Waals surface area contributed by atoms with Crippen LogP contribution in [0.5, 0.6) is 0 Å². The lowest BCUT2D eigenvalue weighted by Crippen LogP contribution is -2.52. The number of ether oxygens (including phenoxy) is 2. The zero-order valence-corrected chi connectivity index (χ0v) is 11.0. The topological polar surface area (TPSA) is 55.8 Å². The van der Waals surface area contributed by atoms with Crippen LogP contribution in [0.4, 0.5) is 4.79 Å². The van der Waals surface area contributed by atoms with Crippen molar-refractivity contribution in [1.29, 1.82) is 0 Å². The number of carbonyl (C=O) groups excluding carboxylic acids is 2. The van der Waals surface area contributed by atoms with Crippen molar-refractivity contribution in [3.63, 3.8) is 0 Å². The molecule has 1 rings (SSSR count). The van der Waals surface area contributed by atoms with Gasteiger partial charge in [-0.2, -0.15) is 0 Å². The van der Waals surface area contributed by atoms with Gasteiger partial charge in [0.15, 0.2) is 0 Å². The maximum Gasteiger partial charge on any atom is 0.410 e. The second-order valence-corrected chi connectivity index (χ2v) is 5.23. The van der Waals surface area contributed by atoms with Crippen molar-refractivity contribution in [3.8, 4) is 0 Å². The summed E-state index contributed by atoms with van der Waals surface area (Å²) in [5.74, 6) is -0.235. The van der Waals surface area contributed by atoms with E-state index >= 15 is 0 Å². The molecule has 5 nitrogen and oxygen atoms in total. The van der Waals surface area contributed by atoms with Crippen LogP contribution in [0.3, 0.4) is 0 Å². The zero-order chi connectivity index (χ0) is 13.1. The van der Waals surface area contributed by atoms with Gasteiger partial charge in [-0.3, -0.25) is 4.79 Å². The summed E-state index contributed by atoms with van der Waals surface area (Å²) in [6, 6.07) is 0.115. The van der Waals surface area contributed by atoms with E-state index in [0.29, 0.717) is 19.4 Å². The molecule has 0 aromatic carbocycles. The summed E-state index contributed by atoms with van der Waals surface area (Å²) < 4.78 is 9.85. The highest BCUT2D eigenvalue weighted by Crippen LogP contribution is 2.24. The highest BCUT2D eigenvalue weighted by Gasteiger charge is 2.35. The number of methoxy groups -OCH3 is 1. The summed E-state index contributed by atoms with van der Waals surface area (Å²) in [6.45, 7) is 6.23. The van der Waals surface area contributed by atoms with E-state index in [0.717, 1.165) is 6.42 Å². The first-order valence-electron chi connectivity index (χ1n) is 5.90. The predicted octanol–water partition coefficient (Wildman–Crippen LogP) is 1.95. The Hall–Kier alpha value is -1.26. The average Bonchev–Trinajstić information content (AvgIpc) is 2.12. The number of likely N-dealkylation sites (tertiary alicyclic amines) is 1. The molecule has 0 bridgehead atoms. The number of hydrogen-bond acceptors (Lipinski definition) is 4. The first kappa shape index (κ1) is 13.8. The fourth-order valence-corrected chi connectivity index (χ4v) is 1.69. The molecule has 1 amide bonds. The second kappa shape index (κ2) is 5.38. The Morgan fingerprint density at radius 2 is 2.00 bits per heavy atom. The van der Waals surface area contributed by atoms with Crippen LogP contribution in [-0.2, 0) is 14.3 Å². The van der Waals surface area contributed by atoms with E-state index in [2.05, 4.69) is 4.74 Å². The van der Waals surface area contributed by atoms with E-state index in [1.807, 2.05) is 20.8 Å². The van der Waals surface area contributed by atoms with E-state index in [1.165, 1.54) is 7.11 Å². The maximum atomic E-state index is 11.8. The van der Waals surface area contributed by atoms with Crippen molar-refractivity contribution in [3.05, 3.63) is 0 Å². The molecule has 1 unspecified atom stereocenters. The first-order valence-corrected chi connectivity index (χ1v) is 5.90. The van der Waals surface area contributed by atoms with Gasteiger partial charge in [-0.05, 0) is 33.6 Å². The molecule has 17 heavy (non-hydrogen) atoms. The van der Waals surface area contributed by atoms with Gasteiger partial charge in [0.25, 0.3) is 0 Å². The maximum absolute atomic E-state index is 11.8. The molecule has 0 radical (unpaired) electrons. The second-order valence-electron chi connectivity index (χ2n) is 5.23. The molecule has 1 aliphatic rings. The molecule has 1 heterocycles. The lowest BCUT2D eigenvalue weighted by Gasteiger charge is -2.41. The molecule has 0 aromatic rings. The smallest absolute Gasteiger partial charge is 0.410 e. The molecule has 0 spiro atoms. The van der Waals surface area contributed by atoms with Gasteiger partial charge < -0.3 is 14.4 Å². The van der Waals surface area contributed by atoms with Crippen LogP contribution in [0.15, 0.2) is 0 Å². The van der Waals surface area contributed by atoms with Crippen LogP contribution < -0.4 is 0 Å². The molecular formula is C12H21NO4. The highest BCUT2D eigenvalue weighted by atomic mass is 16.6. The van der Waals surface area contributed by atoms with Crippen molar-refractivity contribution in [2.24, 2.45) is 0 Å². The largest absolute Gasteiger partial charge is 0.469 e. The van der Waals surface area contributed by atoms with Gasteiger partial charge in [0, 0.05) is 19.0 Å². The van der Waals surface area contributed by atoms with Crippen LogP contribution in [0.2, 0.25) is 0 Å². The number of nitrogens with zero attached hydrogens (tertiary/aromatic N) is 1. The molecule has 98 valence electrons. The van der Waals surface area contributed by atoms with Crippen LogP contribution >= 0.6 is 0 Å². The minimum atomic E-state index is -0.473. The molecule has 0 aliphatic carbocycles. The molecule has 0 N–H and O–H groups in total. The van der Waals surface area contributed by atoms with Crippen molar-refractivity contribution in [2.45, 2.75) is 51.7 Å². The molecular weight excluding hydrogens is 222 g/mol. The fraction of sp³-hybridized carbons (Fsp3) is 0.833. The Bertz CT molecular complexity index is 295. The van der Waals surface area contributed by atoms with Crippen molar-refractivity contribution < 1.29 is 19.1 Å². The van der Waals surface area contributed by atoms with Gasteiger partial charge in [-0.15, -0.1) is 0 Å². The number of rotatable bonds is 3. The van der Waals surface area contributed by atoms with Gasteiger partial charge in [-0.25, -0.2) is 4.79 Å². The summed E-state index contributed by atoms with van der Waals surface area (Å²) in [5, 5.41) is 0. The van der Waals surface area contributed by atoms with Crippen LogP contribution in [0.1, 0.15) is 40.0 Å². The Morgan fingerprint density at radius 3 is 2.41 bits per heavy atom. The van der Waals surface area contributed by atoms with E-state index in [4.69, 9.17) is 4.74 Å². The SMILES string of the molecule is COC(=O)CCC1CCN1C(=O)OC(C)(C)C. The third kappa shape index (κ3) is 4.24. The van der Waals surface area contributed by atoms with Gasteiger partial charge in [0.1, 0.15) is 5.60 Å². The fourth-order valence-electron chi connectivity index (χ4n) is 1.69. The average molecular weight is 243 g/mol. The van der Waals surface area contributed by atoms with E-state index in [-0.39, 0.29) is 18.1 Å². The molecule has 1 saturated heterocycles. The normalized spacial score (nSPS) is 19.5. The Labute approximate surface area is 102 Å². The standard InChI is InChI=1S/C12H21NO4/c1-12(2,3)17-11(15)13-8-7-9(13)5-6-10(14)16-4/h9H,5-8H2,1-4H3. The third-order valence-corrected chi connectivity index (χ3v) is 2.68. The molecule has 5 heteroatoms. The molecule has 1 aliphatic heterocycles.